The van der Waals surface area contributed by atoms with Crippen molar-refractivity contribution in [2.24, 2.45) is 0 Å². The van der Waals surface area contributed by atoms with Crippen molar-refractivity contribution in [2.75, 3.05) is 6.61 Å². The molecule has 0 aromatic heterocycles. The summed E-state index contributed by atoms with van der Waals surface area (Å²) in [4.78, 5) is 11.5. The fourth-order valence-electron chi connectivity index (χ4n) is 2.55. The zero-order valence-corrected chi connectivity index (χ0v) is 17.2. The van der Waals surface area contributed by atoms with Crippen LogP contribution in [-0.4, -0.2) is 65.7 Å². The predicted molar refractivity (Wildman–Crippen MR) is 87.4 cm³/mol. The first-order valence-corrected chi connectivity index (χ1v) is 9.00. The van der Waals surface area contributed by atoms with Crippen molar-refractivity contribution < 1.29 is 39.1 Å². The van der Waals surface area contributed by atoms with Gasteiger partial charge in [-0.2, -0.15) is 0 Å². The molecule has 2 rings (SSSR count). The van der Waals surface area contributed by atoms with E-state index in [0.29, 0.717) is 0 Å². The van der Waals surface area contributed by atoms with Crippen LogP contribution in [0.1, 0.15) is 20.8 Å². The molecule has 0 spiro atoms. The van der Waals surface area contributed by atoms with E-state index in [1.54, 1.807) is 6.92 Å². The zero-order valence-electron chi connectivity index (χ0n) is 12.5. The van der Waals surface area contributed by atoms with Gasteiger partial charge in [0.2, 0.25) is 5.79 Å². The Balaban J connectivity index is 2.37. The second-order valence-electron chi connectivity index (χ2n) is 5.91. The highest BCUT2D eigenvalue weighted by atomic mass is 80.0. The van der Waals surface area contributed by atoms with Crippen LogP contribution in [0.4, 0.5) is 0 Å². The molecule has 3 N–H and O–H groups in total. The average Bonchev–Trinajstić information content (AvgIpc) is 2.84. The van der Waals surface area contributed by atoms with E-state index in [-0.39, 0.29) is 0 Å². The Kier molecular flexibility index (Phi) is 5.33. The summed E-state index contributed by atoms with van der Waals surface area (Å²) in [5, 5.41) is 29.3. The molecule has 0 radical (unpaired) electrons. The lowest BCUT2D eigenvalue weighted by Crippen LogP contribution is -2.55. The van der Waals surface area contributed by atoms with Gasteiger partial charge in [0.25, 0.3) is 5.79 Å². The topological polar surface area (TPSA) is 115 Å². The first kappa shape index (κ1) is 20.0. The number of halogens is 3. The van der Waals surface area contributed by atoms with E-state index in [9.17, 15) is 20.1 Å². The second-order valence-corrected chi connectivity index (χ2v) is 12.7. The van der Waals surface area contributed by atoms with Crippen molar-refractivity contribution >= 4 is 53.8 Å². The summed E-state index contributed by atoms with van der Waals surface area (Å²) in [5.41, 5.74) is 0. The molecule has 2 fully saturated rings. The summed E-state index contributed by atoms with van der Waals surface area (Å²) in [5.74, 6) is -6.94. The summed E-state index contributed by atoms with van der Waals surface area (Å²) < 4.78 is 21.1. The highest BCUT2D eigenvalue weighted by Crippen LogP contribution is 2.52. The second kappa shape index (κ2) is 6.13. The van der Waals surface area contributed by atoms with Crippen LogP contribution in [0.2, 0.25) is 0 Å². The van der Waals surface area contributed by atoms with Gasteiger partial charge >= 0.3 is 5.97 Å². The van der Waals surface area contributed by atoms with Crippen LogP contribution in [-0.2, 0) is 23.7 Å². The minimum atomic E-state index is -2.64. The predicted octanol–water partition coefficient (Wildman–Crippen LogP) is 1.24. The van der Waals surface area contributed by atoms with E-state index in [1.165, 1.54) is 13.8 Å². The molecule has 0 aromatic carbocycles. The number of carboxylic acid groups (broad SMARTS) is 1. The molecule has 5 atom stereocenters. The minimum Gasteiger partial charge on any atom is -0.477 e. The van der Waals surface area contributed by atoms with Gasteiger partial charge < -0.3 is 34.3 Å². The van der Waals surface area contributed by atoms with Crippen molar-refractivity contribution in [1.29, 1.82) is 0 Å². The number of aliphatic hydroxyl groups excluding tert-OH is 1. The van der Waals surface area contributed by atoms with E-state index >= 15 is 0 Å². The Labute approximate surface area is 157 Å². The van der Waals surface area contributed by atoms with Gasteiger partial charge in [0.1, 0.15) is 12.2 Å². The summed E-state index contributed by atoms with van der Waals surface area (Å²) in [6.45, 7) is 4.02. The molecule has 2 aliphatic heterocycles. The first-order valence-electron chi connectivity index (χ1n) is 6.63. The van der Waals surface area contributed by atoms with Crippen LogP contribution >= 0.6 is 47.8 Å². The van der Waals surface area contributed by atoms with Crippen LogP contribution in [0.5, 0.6) is 0 Å². The molecule has 0 bridgehead atoms. The Bertz CT molecular complexity index is 495. The minimum absolute atomic E-state index is 0.473. The molecular weight excluding hydrogens is 512 g/mol. The largest absolute Gasteiger partial charge is 0.477 e. The number of aliphatic hydroxyl groups is 2. The first-order chi connectivity index (χ1) is 10.3. The third-order valence-corrected chi connectivity index (χ3v) is 5.76. The molecule has 0 aromatic rings. The molecule has 0 aliphatic carbocycles. The third kappa shape index (κ3) is 3.49. The van der Waals surface area contributed by atoms with E-state index in [1.807, 2.05) is 0 Å². The standard InChI is InChI=1S/C12H17Br3O8/c1-9(2)22-7(11(19,23-9)8(17)18)6-5(4-16)20-10(3,21-6)12(13,14)15/h5-7,16,19H,4H2,1-3H3,(H,17,18)/t5-,6-,7+,10?,11-/m1/s1. The quantitative estimate of drug-likeness (QED) is 0.469. The van der Waals surface area contributed by atoms with E-state index in [2.05, 4.69) is 47.8 Å². The lowest BCUT2D eigenvalue weighted by molar-refractivity contribution is -0.242. The Hall–Kier alpha value is 0.670. The number of aliphatic carboxylic acids is 1. The van der Waals surface area contributed by atoms with Gasteiger partial charge in [-0.3, -0.25) is 0 Å². The number of alkyl halides is 3. The molecule has 11 heteroatoms. The van der Waals surface area contributed by atoms with Crippen LogP contribution in [0.25, 0.3) is 0 Å². The van der Waals surface area contributed by atoms with Gasteiger partial charge in [0.15, 0.2) is 14.0 Å². The van der Waals surface area contributed by atoms with Crippen molar-refractivity contribution in [3.63, 3.8) is 0 Å². The Morgan fingerprint density at radius 1 is 1.17 bits per heavy atom. The lowest BCUT2D eigenvalue weighted by atomic mass is 10.0. The molecule has 1 unspecified atom stereocenters. The molecule has 2 aliphatic rings. The molecule has 0 saturated carbocycles. The van der Waals surface area contributed by atoms with Gasteiger partial charge in [-0.1, -0.05) is 47.8 Å². The number of hydrogen-bond donors (Lipinski definition) is 3. The highest BCUT2D eigenvalue weighted by Gasteiger charge is 2.67. The number of rotatable bonds is 3. The van der Waals surface area contributed by atoms with E-state index < -0.39 is 50.4 Å². The Morgan fingerprint density at radius 3 is 2.17 bits per heavy atom. The van der Waals surface area contributed by atoms with Gasteiger partial charge in [-0.25, -0.2) is 4.79 Å². The average molecular weight is 529 g/mol. The third-order valence-electron chi connectivity index (χ3n) is 3.60. The molecule has 2 saturated heterocycles. The monoisotopic (exact) mass is 526 g/mol. The van der Waals surface area contributed by atoms with E-state index in [4.69, 9.17) is 18.9 Å². The summed E-state index contributed by atoms with van der Waals surface area (Å²) >= 11 is 9.85. The SMILES string of the molecule is CC1(C)O[C@@H]([C@@H]2OC(C)(C(Br)(Br)Br)O[C@@H]2CO)[C@](O)(C(=O)O)O1. The number of carbonyl (C=O) groups is 1. The van der Waals surface area contributed by atoms with Gasteiger partial charge in [0.05, 0.1) is 6.61 Å². The van der Waals surface area contributed by atoms with Crippen LogP contribution in [0, 0.1) is 0 Å². The van der Waals surface area contributed by atoms with Gasteiger partial charge in [-0.15, -0.1) is 0 Å². The number of hydrogen-bond acceptors (Lipinski definition) is 7. The normalized spacial score (nSPS) is 43.7. The maximum Gasteiger partial charge on any atom is 0.367 e. The summed E-state index contributed by atoms with van der Waals surface area (Å²) in [6, 6.07) is 0. The zero-order chi connectivity index (χ0) is 17.8. The number of carboxylic acids is 1. The molecular formula is C12H17Br3O8. The smallest absolute Gasteiger partial charge is 0.367 e. The lowest BCUT2D eigenvalue weighted by Gasteiger charge is -2.32. The molecule has 8 nitrogen and oxygen atoms in total. The van der Waals surface area contributed by atoms with Gasteiger partial charge in [-0.05, 0) is 20.8 Å². The van der Waals surface area contributed by atoms with E-state index in [0.717, 1.165) is 0 Å². The van der Waals surface area contributed by atoms with Crippen molar-refractivity contribution in [3.05, 3.63) is 0 Å². The van der Waals surface area contributed by atoms with Crippen LogP contribution in [0.15, 0.2) is 0 Å². The molecule has 23 heavy (non-hydrogen) atoms. The highest BCUT2D eigenvalue weighted by molar-refractivity contribution is 9.39. The maximum absolute atomic E-state index is 11.5. The molecule has 134 valence electrons. The summed E-state index contributed by atoms with van der Waals surface area (Å²) in [6.07, 6.45) is -3.45. The fraction of sp³-hybridized carbons (Fsp3) is 0.917. The van der Waals surface area contributed by atoms with Crippen molar-refractivity contribution in [1.82, 2.24) is 0 Å². The van der Waals surface area contributed by atoms with Crippen molar-refractivity contribution in [3.8, 4) is 0 Å². The maximum atomic E-state index is 11.5. The van der Waals surface area contributed by atoms with Crippen LogP contribution in [0.3, 0.4) is 0 Å². The van der Waals surface area contributed by atoms with Crippen molar-refractivity contribution in [2.45, 2.75) is 58.6 Å². The van der Waals surface area contributed by atoms with Crippen LogP contribution < -0.4 is 0 Å². The van der Waals surface area contributed by atoms with Gasteiger partial charge in [0, 0.05) is 0 Å². The molecule has 2 heterocycles. The molecule has 0 amide bonds. The summed E-state index contributed by atoms with van der Waals surface area (Å²) in [7, 11) is 0. The fourth-order valence-corrected chi connectivity index (χ4v) is 3.11. The number of ether oxygens (including phenoxy) is 4. The Morgan fingerprint density at radius 2 is 1.74 bits per heavy atom.